The van der Waals surface area contributed by atoms with Gasteiger partial charge in [-0.05, 0) is 31.2 Å². The second-order valence-electron chi connectivity index (χ2n) is 7.40. The van der Waals surface area contributed by atoms with Crippen molar-refractivity contribution in [2.75, 3.05) is 36.4 Å². The summed E-state index contributed by atoms with van der Waals surface area (Å²) in [4.78, 5) is 32.6. The standard InChI is InChI=1S/C21H25N7O2/c1-4-18-24-25-21-23-19(13-14(2)28(18)21)26-9-11-27(12-10-26)20(30)16-5-7-17(8-6-16)22-15(3)29/h5-8,13H,4,9-12H2,1-3H3,(H,22,29). The highest BCUT2D eigenvalue weighted by atomic mass is 16.2. The van der Waals surface area contributed by atoms with E-state index in [-0.39, 0.29) is 11.8 Å². The topological polar surface area (TPSA) is 95.7 Å². The summed E-state index contributed by atoms with van der Waals surface area (Å²) in [5.74, 6) is 2.24. The van der Waals surface area contributed by atoms with Crippen molar-refractivity contribution in [3.63, 3.8) is 0 Å². The van der Waals surface area contributed by atoms with E-state index in [4.69, 9.17) is 0 Å². The number of carbonyl (C=O) groups excluding carboxylic acids is 2. The second kappa shape index (κ2) is 8.10. The number of hydrogen-bond acceptors (Lipinski definition) is 6. The number of amides is 2. The number of aryl methyl sites for hydroxylation is 2. The first-order valence-corrected chi connectivity index (χ1v) is 10.1. The summed E-state index contributed by atoms with van der Waals surface area (Å²) in [6.07, 6.45) is 0.801. The van der Waals surface area contributed by atoms with E-state index in [0.29, 0.717) is 43.2 Å². The molecule has 2 aromatic heterocycles. The molecule has 30 heavy (non-hydrogen) atoms. The quantitative estimate of drug-likeness (QED) is 0.710. The van der Waals surface area contributed by atoms with Crippen molar-refractivity contribution in [3.8, 4) is 0 Å². The predicted molar refractivity (Wildman–Crippen MR) is 114 cm³/mol. The molecule has 2 amide bonds. The predicted octanol–water partition coefficient (Wildman–Crippen LogP) is 1.92. The first-order valence-electron chi connectivity index (χ1n) is 10.1. The molecule has 0 unspecified atom stereocenters. The van der Waals surface area contributed by atoms with E-state index in [1.54, 1.807) is 24.3 Å². The van der Waals surface area contributed by atoms with Crippen LogP contribution in [0.5, 0.6) is 0 Å². The Labute approximate surface area is 174 Å². The molecule has 9 nitrogen and oxygen atoms in total. The molecule has 0 atom stereocenters. The van der Waals surface area contributed by atoms with E-state index in [9.17, 15) is 9.59 Å². The zero-order chi connectivity index (χ0) is 21.3. The number of aromatic nitrogens is 4. The van der Waals surface area contributed by atoms with Crippen molar-refractivity contribution in [3.05, 3.63) is 47.4 Å². The highest BCUT2D eigenvalue weighted by Gasteiger charge is 2.24. The highest BCUT2D eigenvalue weighted by Crippen LogP contribution is 2.19. The number of anilines is 2. The van der Waals surface area contributed by atoms with Crippen molar-refractivity contribution in [2.45, 2.75) is 27.2 Å². The third kappa shape index (κ3) is 3.83. The van der Waals surface area contributed by atoms with Crippen LogP contribution in [0.4, 0.5) is 11.5 Å². The lowest BCUT2D eigenvalue weighted by Gasteiger charge is -2.35. The monoisotopic (exact) mass is 407 g/mol. The molecule has 0 spiro atoms. The van der Waals surface area contributed by atoms with Crippen molar-refractivity contribution < 1.29 is 9.59 Å². The van der Waals surface area contributed by atoms with Crippen molar-refractivity contribution >= 4 is 29.1 Å². The maximum atomic E-state index is 12.8. The molecule has 1 aliphatic rings. The van der Waals surface area contributed by atoms with Crippen LogP contribution in [-0.2, 0) is 11.2 Å². The van der Waals surface area contributed by atoms with Gasteiger partial charge in [-0.3, -0.25) is 14.0 Å². The van der Waals surface area contributed by atoms with Gasteiger partial charge in [0.25, 0.3) is 11.7 Å². The molecule has 1 fully saturated rings. The van der Waals surface area contributed by atoms with Gasteiger partial charge in [-0.15, -0.1) is 10.2 Å². The fourth-order valence-electron chi connectivity index (χ4n) is 3.74. The highest BCUT2D eigenvalue weighted by molar-refractivity contribution is 5.95. The number of fused-ring (bicyclic) bond motifs is 1. The number of rotatable bonds is 4. The van der Waals surface area contributed by atoms with Crippen LogP contribution in [0.3, 0.4) is 0 Å². The molecule has 0 bridgehead atoms. The Morgan fingerprint density at radius 3 is 2.40 bits per heavy atom. The number of benzene rings is 1. The van der Waals surface area contributed by atoms with Crippen LogP contribution in [0.1, 0.15) is 35.7 Å². The van der Waals surface area contributed by atoms with Crippen LogP contribution in [0, 0.1) is 6.92 Å². The lowest BCUT2D eigenvalue weighted by Crippen LogP contribution is -2.49. The van der Waals surface area contributed by atoms with Gasteiger partial charge < -0.3 is 15.1 Å². The average Bonchev–Trinajstić information content (AvgIpc) is 3.17. The lowest BCUT2D eigenvalue weighted by atomic mass is 10.1. The molecule has 4 rings (SSSR count). The number of nitrogens with one attached hydrogen (secondary N) is 1. The van der Waals surface area contributed by atoms with Crippen LogP contribution < -0.4 is 10.2 Å². The van der Waals surface area contributed by atoms with E-state index in [2.05, 4.69) is 25.4 Å². The molecule has 156 valence electrons. The molecule has 9 heteroatoms. The van der Waals surface area contributed by atoms with Crippen LogP contribution >= 0.6 is 0 Å². The maximum Gasteiger partial charge on any atom is 0.257 e. The van der Waals surface area contributed by atoms with Gasteiger partial charge in [0.15, 0.2) is 0 Å². The molecule has 3 heterocycles. The Hall–Kier alpha value is -3.49. The largest absolute Gasteiger partial charge is 0.353 e. The van der Waals surface area contributed by atoms with Crippen molar-refractivity contribution in [1.82, 2.24) is 24.5 Å². The van der Waals surface area contributed by atoms with Crippen LogP contribution in [0.25, 0.3) is 5.78 Å². The number of hydrogen-bond donors (Lipinski definition) is 1. The first kappa shape index (κ1) is 19.8. The smallest absolute Gasteiger partial charge is 0.257 e. The van der Waals surface area contributed by atoms with E-state index < -0.39 is 0 Å². The normalized spacial score (nSPS) is 14.2. The Morgan fingerprint density at radius 1 is 1.07 bits per heavy atom. The minimum atomic E-state index is -0.135. The second-order valence-corrected chi connectivity index (χ2v) is 7.40. The van der Waals surface area contributed by atoms with Gasteiger partial charge >= 0.3 is 0 Å². The SMILES string of the molecule is CCc1nnc2nc(N3CCN(C(=O)c4ccc(NC(C)=O)cc4)CC3)cc(C)n12. The summed E-state index contributed by atoms with van der Waals surface area (Å²) < 4.78 is 1.98. The molecular weight excluding hydrogens is 382 g/mol. The number of piperazine rings is 1. The molecule has 0 aliphatic carbocycles. The summed E-state index contributed by atoms with van der Waals surface area (Å²) in [7, 11) is 0. The number of carbonyl (C=O) groups is 2. The fraction of sp³-hybridized carbons (Fsp3) is 0.381. The van der Waals surface area contributed by atoms with Gasteiger partial charge in [0, 0.05) is 62.5 Å². The summed E-state index contributed by atoms with van der Waals surface area (Å²) in [6, 6.07) is 9.03. The fourth-order valence-corrected chi connectivity index (χ4v) is 3.74. The molecule has 1 aliphatic heterocycles. The van der Waals surface area contributed by atoms with Crippen LogP contribution in [-0.4, -0.2) is 62.5 Å². The lowest BCUT2D eigenvalue weighted by molar-refractivity contribution is -0.114. The zero-order valence-electron chi connectivity index (χ0n) is 17.4. The van der Waals surface area contributed by atoms with Crippen LogP contribution in [0.15, 0.2) is 30.3 Å². The molecule has 3 aromatic rings. The molecule has 0 saturated carbocycles. The average molecular weight is 407 g/mol. The zero-order valence-corrected chi connectivity index (χ0v) is 17.4. The molecular formula is C21H25N7O2. The summed E-state index contributed by atoms with van der Waals surface area (Å²) in [6.45, 7) is 8.17. The van der Waals surface area contributed by atoms with Gasteiger partial charge in [0.1, 0.15) is 11.6 Å². The Balaban J connectivity index is 1.43. The summed E-state index contributed by atoms with van der Waals surface area (Å²) in [5.41, 5.74) is 2.35. The maximum absolute atomic E-state index is 12.8. The van der Waals surface area contributed by atoms with Gasteiger partial charge in [0.2, 0.25) is 5.91 Å². The van der Waals surface area contributed by atoms with E-state index in [0.717, 1.165) is 23.8 Å². The van der Waals surface area contributed by atoms with Crippen molar-refractivity contribution in [2.24, 2.45) is 0 Å². The van der Waals surface area contributed by atoms with Gasteiger partial charge in [-0.2, -0.15) is 4.98 Å². The Morgan fingerprint density at radius 2 is 1.77 bits per heavy atom. The van der Waals surface area contributed by atoms with E-state index in [1.165, 1.54) is 6.92 Å². The third-order valence-electron chi connectivity index (χ3n) is 5.28. The van der Waals surface area contributed by atoms with Crippen LogP contribution in [0.2, 0.25) is 0 Å². The minimum Gasteiger partial charge on any atom is -0.353 e. The van der Waals surface area contributed by atoms with E-state index >= 15 is 0 Å². The molecule has 0 radical (unpaired) electrons. The van der Waals surface area contributed by atoms with Gasteiger partial charge in [0.05, 0.1) is 0 Å². The Bertz CT molecular complexity index is 1080. The summed E-state index contributed by atoms with van der Waals surface area (Å²) >= 11 is 0. The van der Waals surface area contributed by atoms with Gasteiger partial charge in [-0.1, -0.05) is 6.92 Å². The molecule has 1 aromatic carbocycles. The first-order chi connectivity index (χ1) is 14.5. The molecule has 1 N–H and O–H groups in total. The van der Waals surface area contributed by atoms with E-state index in [1.807, 2.05) is 29.2 Å². The summed E-state index contributed by atoms with van der Waals surface area (Å²) in [5, 5.41) is 11.1. The van der Waals surface area contributed by atoms with Crippen molar-refractivity contribution in [1.29, 1.82) is 0 Å². The minimum absolute atomic E-state index is 0.00587. The molecule has 1 saturated heterocycles. The van der Waals surface area contributed by atoms with Gasteiger partial charge in [-0.25, -0.2) is 0 Å². The number of nitrogens with zero attached hydrogens (tertiary/aromatic N) is 6. The Kier molecular flexibility index (Phi) is 5.35. The third-order valence-corrected chi connectivity index (χ3v) is 5.28.